The number of hydrogen-bond acceptors (Lipinski definition) is 3. The Labute approximate surface area is 167 Å². The molecule has 148 valence electrons. The minimum atomic E-state index is -0.323. The molecule has 0 fully saturated rings. The molecule has 0 saturated carbocycles. The maximum Gasteiger partial charge on any atom is 0.240 e. The Morgan fingerprint density at radius 3 is 2.59 bits per heavy atom. The number of amides is 2. The van der Waals surface area contributed by atoms with Crippen molar-refractivity contribution >= 4 is 17.6 Å². The number of carbonyl (C=O) groups excluding carboxylic acids is 2. The predicted molar refractivity (Wildman–Crippen MR) is 108 cm³/mol. The highest BCUT2D eigenvalue weighted by molar-refractivity contribution is 5.99. The number of rotatable bonds is 5. The van der Waals surface area contributed by atoms with Crippen LogP contribution in [-0.2, 0) is 22.7 Å². The largest absolute Gasteiger partial charge is 0.350 e. The second kappa shape index (κ2) is 7.87. The Morgan fingerprint density at radius 1 is 1.14 bits per heavy atom. The van der Waals surface area contributed by atoms with Gasteiger partial charge in [-0.05, 0) is 24.6 Å². The molecule has 0 bridgehead atoms. The first kappa shape index (κ1) is 18.9. The molecule has 0 aliphatic carbocycles. The molecule has 1 N–H and O–H groups in total. The third-order valence-corrected chi connectivity index (χ3v) is 4.93. The normalized spacial score (nSPS) is 13.3. The van der Waals surface area contributed by atoms with Crippen molar-refractivity contribution in [3.63, 3.8) is 0 Å². The van der Waals surface area contributed by atoms with Gasteiger partial charge in [-0.2, -0.15) is 5.10 Å². The fourth-order valence-electron chi connectivity index (χ4n) is 3.29. The molecule has 1 aliphatic heterocycles. The van der Waals surface area contributed by atoms with Gasteiger partial charge in [-0.3, -0.25) is 14.5 Å². The van der Waals surface area contributed by atoms with E-state index in [0.29, 0.717) is 18.8 Å². The fourth-order valence-corrected chi connectivity index (χ4v) is 3.29. The van der Waals surface area contributed by atoms with Gasteiger partial charge >= 0.3 is 0 Å². The Balaban J connectivity index is 1.48. The second-order valence-corrected chi connectivity index (χ2v) is 7.11. The highest BCUT2D eigenvalue weighted by Gasteiger charge is 2.28. The van der Waals surface area contributed by atoms with E-state index in [1.807, 2.05) is 37.3 Å². The minimum Gasteiger partial charge on any atom is -0.350 e. The van der Waals surface area contributed by atoms with Gasteiger partial charge in [0.2, 0.25) is 11.8 Å². The van der Waals surface area contributed by atoms with E-state index in [1.54, 1.807) is 16.8 Å². The monoisotopic (exact) mass is 392 g/mol. The lowest BCUT2D eigenvalue weighted by molar-refractivity contribution is -0.124. The molecule has 2 aromatic carbocycles. The molecule has 0 radical (unpaired) electrons. The van der Waals surface area contributed by atoms with Gasteiger partial charge < -0.3 is 5.32 Å². The molecule has 29 heavy (non-hydrogen) atoms. The maximum atomic E-state index is 13.0. The average Bonchev–Trinajstić information content (AvgIpc) is 3.15. The molecule has 0 unspecified atom stereocenters. The topological polar surface area (TPSA) is 67.2 Å². The number of fused-ring (bicyclic) bond motifs is 1. The predicted octanol–water partition coefficient (Wildman–Crippen LogP) is 3.05. The Bertz CT molecular complexity index is 1040. The fraction of sp³-hybridized carbons (Fsp3) is 0.227. The Morgan fingerprint density at radius 2 is 1.86 bits per heavy atom. The molecule has 1 aromatic heterocycles. The van der Waals surface area contributed by atoms with Gasteiger partial charge in [0.25, 0.3) is 0 Å². The lowest BCUT2D eigenvalue weighted by atomic mass is 10.1. The summed E-state index contributed by atoms with van der Waals surface area (Å²) in [4.78, 5) is 26.3. The van der Waals surface area contributed by atoms with E-state index in [9.17, 15) is 14.0 Å². The number of anilines is 1. The van der Waals surface area contributed by atoms with Gasteiger partial charge in [-0.25, -0.2) is 9.07 Å². The van der Waals surface area contributed by atoms with Gasteiger partial charge in [0.15, 0.2) is 0 Å². The summed E-state index contributed by atoms with van der Waals surface area (Å²) in [7, 11) is 0. The van der Waals surface area contributed by atoms with Crippen molar-refractivity contribution in [2.75, 3.05) is 11.4 Å². The molecule has 6 nitrogen and oxygen atoms in total. The van der Waals surface area contributed by atoms with Crippen LogP contribution in [-0.4, -0.2) is 28.1 Å². The summed E-state index contributed by atoms with van der Waals surface area (Å²) in [5.74, 6) is -0.0932. The van der Waals surface area contributed by atoms with E-state index in [-0.39, 0.29) is 30.7 Å². The van der Waals surface area contributed by atoms with Crippen molar-refractivity contribution in [1.82, 2.24) is 15.1 Å². The summed E-state index contributed by atoms with van der Waals surface area (Å²) < 4.78 is 14.8. The van der Waals surface area contributed by atoms with Gasteiger partial charge in [0.1, 0.15) is 18.2 Å². The first-order valence-electron chi connectivity index (χ1n) is 9.46. The van der Waals surface area contributed by atoms with E-state index >= 15 is 0 Å². The van der Waals surface area contributed by atoms with E-state index in [2.05, 4.69) is 10.4 Å². The second-order valence-electron chi connectivity index (χ2n) is 7.11. The summed E-state index contributed by atoms with van der Waals surface area (Å²) in [6, 6.07) is 15.8. The average molecular weight is 392 g/mol. The molecule has 0 atom stereocenters. The number of benzene rings is 2. The van der Waals surface area contributed by atoms with Crippen LogP contribution < -0.4 is 10.2 Å². The smallest absolute Gasteiger partial charge is 0.240 e. The Kier molecular flexibility index (Phi) is 5.12. The molecule has 0 saturated heterocycles. The number of halogens is 1. The van der Waals surface area contributed by atoms with Crippen LogP contribution >= 0.6 is 0 Å². The molecule has 4 rings (SSSR count). The maximum absolute atomic E-state index is 13.0. The van der Waals surface area contributed by atoms with Gasteiger partial charge in [-0.15, -0.1) is 0 Å². The van der Waals surface area contributed by atoms with Crippen LogP contribution in [0.4, 0.5) is 10.2 Å². The van der Waals surface area contributed by atoms with Crippen LogP contribution in [0.5, 0.6) is 0 Å². The number of aryl methyl sites for hydroxylation is 2. The zero-order valence-corrected chi connectivity index (χ0v) is 16.1. The van der Waals surface area contributed by atoms with E-state index in [4.69, 9.17) is 0 Å². The number of aromatic nitrogens is 2. The van der Waals surface area contributed by atoms with E-state index < -0.39 is 0 Å². The van der Waals surface area contributed by atoms with Crippen molar-refractivity contribution in [3.05, 3.63) is 71.5 Å². The Hall–Kier alpha value is -3.48. The van der Waals surface area contributed by atoms with Crippen molar-refractivity contribution in [1.29, 1.82) is 0 Å². The zero-order valence-electron chi connectivity index (χ0n) is 16.1. The summed E-state index contributed by atoms with van der Waals surface area (Å²) in [6.45, 7) is 2.70. The van der Waals surface area contributed by atoms with Gasteiger partial charge in [-0.1, -0.05) is 42.0 Å². The summed E-state index contributed by atoms with van der Waals surface area (Å²) >= 11 is 0. The highest BCUT2D eigenvalue weighted by atomic mass is 19.1. The van der Waals surface area contributed by atoms with Crippen LogP contribution in [0, 0.1) is 12.7 Å². The lowest BCUT2D eigenvalue weighted by Gasteiger charge is -2.26. The molecular weight excluding hydrogens is 371 g/mol. The van der Waals surface area contributed by atoms with Crippen molar-refractivity contribution in [2.24, 2.45) is 0 Å². The number of nitrogens with zero attached hydrogens (tertiary/aromatic N) is 3. The molecule has 0 spiro atoms. The SMILES string of the molecule is Cc1ccc(-c2cc3n(n2)CCC(=O)N3CC(=O)NCc2ccc(F)cc2)cc1. The third kappa shape index (κ3) is 4.18. The third-order valence-electron chi connectivity index (χ3n) is 4.93. The molecule has 2 heterocycles. The standard InChI is InChI=1S/C22H21FN4O2/c1-15-2-6-17(7-3-15)19-12-21-26(22(29)10-11-27(21)25-19)14-20(28)24-13-16-4-8-18(23)9-5-16/h2-9,12H,10-11,13-14H2,1H3,(H,24,28). The molecule has 1 aliphatic rings. The number of carbonyl (C=O) groups is 2. The van der Waals surface area contributed by atoms with Crippen molar-refractivity contribution < 1.29 is 14.0 Å². The minimum absolute atomic E-state index is 0.0843. The van der Waals surface area contributed by atoms with Crippen molar-refractivity contribution in [2.45, 2.75) is 26.4 Å². The van der Waals surface area contributed by atoms with Crippen LogP contribution in [0.2, 0.25) is 0 Å². The molecule has 7 heteroatoms. The number of nitrogens with one attached hydrogen (secondary N) is 1. The lowest BCUT2D eigenvalue weighted by Crippen LogP contribution is -2.44. The van der Waals surface area contributed by atoms with Gasteiger partial charge in [0, 0.05) is 24.6 Å². The zero-order chi connectivity index (χ0) is 20.4. The van der Waals surface area contributed by atoms with Crippen LogP contribution in [0.3, 0.4) is 0 Å². The first-order chi connectivity index (χ1) is 14.0. The molecule has 2 amide bonds. The van der Waals surface area contributed by atoms with Crippen LogP contribution in [0.15, 0.2) is 54.6 Å². The molecule has 3 aromatic rings. The van der Waals surface area contributed by atoms with Crippen LogP contribution in [0.1, 0.15) is 17.5 Å². The quantitative estimate of drug-likeness (QED) is 0.726. The van der Waals surface area contributed by atoms with Gasteiger partial charge in [0.05, 0.1) is 12.2 Å². The summed E-state index contributed by atoms with van der Waals surface area (Å²) in [5, 5.41) is 7.38. The summed E-state index contributed by atoms with van der Waals surface area (Å²) in [6.07, 6.45) is 0.299. The summed E-state index contributed by atoms with van der Waals surface area (Å²) in [5.41, 5.74) is 3.68. The highest BCUT2D eigenvalue weighted by Crippen LogP contribution is 2.28. The molecular formula is C22H21FN4O2. The van der Waals surface area contributed by atoms with E-state index in [1.165, 1.54) is 17.0 Å². The van der Waals surface area contributed by atoms with E-state index in [0.717, 1.165) is 22.4 Å². The van der Waals surface area contributed by atoms with Crippen molar-refractivity contribution in [3.8, 4) is 11.3 Å². The first-order valence-corrected chi connectivity index (χ1v) is 9.46. The number of hydrogen-bond donors (Lipinski definition) is 1. The van der Waals surface area contributed by atoms with Crippen LogP contribution in [0.25, 0.3) is 11.3 Å².